The molecule has 0 radical (unpaired) electrons. The molecule has 0 heterocycles. The van der Waals surface area contributed by atoms with Gasteiger partial charge in [0.2, 0.25) is 0 Å². The molecule has 2 rings (SSSR count). The van der Waals surface area contributed by atoms with Crippen molar-refractivity contribution >= 4 is 11.6 Å². The normalized spacial score (nSPS) is 10.9. The molecule has 0 spiro atoms. The fourth-order valence-corrected chi connectivity index (χ4v) is 2.93. The number of carbonyl (C=O) groups is 1. The van der Waals surface area contributed by atoms with Crippen molar-refractivity contribution in [1.82, 2.24) is 10.2 Å². The maximum absolute atomic E-state index is 12.1. The summed E-state index contributed by atoms with van der Waals surface area (Å²) in [6.07, 6.45) is 1.14. The van der Waals surface area contributed by atoms with Gasteiger partial charge < -0.3 is 20.3 Å². The van der Waals surface area contributed by atoms with Gasteiger partial charge in [0.05, 0.1) is 0 Å². The minimum Gasteiger partial charge on any atom is -0.484 e. The Hall–Kier alpha value is -2.37. The number of benzene rings is 2. The first-order valence-electron chi connectivity index (χ1n) is 10.1. The van der Waals surface area contributed by atoms with E-state index in [1.54, 1.807) is 0 Å². The Morgan fingerprint density at radius 1 is 1.07 bits per heavy atom. The molecule has 0 atom stereocenters. The molecule has 0 aliphatic carbocycles. The Morgan fingerprint density at radius 3 is 2.54 bits per heavy atom. The minimum absolute atomic E-state index is 0.00533. The van der Waals surface area contributed by atoms with Crippen molar-refractivity contribution < 1.29 is 9.53 Å². The highest BCUT2D eigenvalue weighted by Crippen LogP contribution is 2.14. The summed E-state index contributed by atoms with van der Waals surface area (Å²) >= 11 is 0. The predicted octanol–water partition coefficient (Wildman–Crippen LogP) is 3.83. The van der Waals surface area contributed by atoms with Crippen LogP contribution < -0.4 is 15.4 Å². The number of carbonyl (C=O) groups excluding carboxylic acids is 1. The van der Waals surface area contributed by atoms with Gasteiger partial charge in [-0.25, -0.2) is 0 Å². The van der Waals surface area contributed by atoms with E-state index in [4.69, 9.17) is 4.74 Å². The van der Waals surface area contributed by atoms with Crippen LogP contribution in [0.15, 0.2) is 48.5 Å². The fourth-order valence-electron chi connectivity index (χ4n) is 2.93. The van der Waals surface area contributed by atoms with Gasteiger partial charge in [-0.15, -0.1) is 0 Å². The van der Waals surface area contributed by atoms with E-state index < -0.39 is 0 Å². The molecule has 1 amide bonds. The molecule has 0 aliphatic rings. The predicted molar refractivity (Wildman–Crippen MR) is 116 cm³/mol. The summed E-state index contributed by atoms with van der Waals surface area (Å²) in [6.45, 7) is 11.5. The summed E-state index contributed by atoms with van der Waals surface area (Å²) in [5.41, 5.74) is 3.09. The lowest BCUT2D eigenvalue weighted by Crippen LogP contribution is -2.27. The van der Waals surface area contributed by atoms with E-state index in [9.17, 15) is 4.79 Å². The number of hydrogen-bond acceptors (Lipinski definition) is 4. The van der Waals surface area contributed by atoms with Crippen LogP contribution in [0.2, 0.25) is 0 Å². The monoisotopic (exact) mass is 383 g/mol. The molecule has 5 heteroatoms. The molecule has 0 aliphatic heterocycles. The average molecular weight is 384 g/mol. The largest absolute Gasteiger partial charge is 0.484 e. The SMILES string of the molecule is CCN(CC)CCCNCc1cccc(OCC(=O)Nc2ccc(C)cc2)c1. The van der Waals surface area contributed by atoms with Crippen molar-refractivity contribution in [3.8, 4) is 5.75 Å². The number of nitrogens with one attached hydrogen (secondary N) is 2. The summed E-state index contributed by atoms with van der Waals surface area (Å²) in [5, 5.41) is 6.31. The first kappa shape index (κ1) is 21.9. The Morgan fingerprint density at radius 2 is 1.82 bits per heavy atom. The van der Waals surface area contributed by atoms with Crippen LogP contribution in [0.5, 0.6) is 5.75 Å². The van der Waals surface area contributed by atoms with E-state index >= 15 is 0 Å². The lowest BCUT2D eigenvalue weighted by Gasteiger charge is -2.17. The number of hydrogen-bond donors (Lipinski definition) is 2. The molecule has 0 fully saturated rings. The van der Waals surface area contributed by atoms with E-state index in [2.05, 4.69) is 35.4 Å². The Labute approximate surface area is 169 Å². The molecule has 2 N–H and O–H groups in total. The third kappa shape index (κ3) is 8.11. The summed E-state index contributed by atoms with van der Waals surface area (Å²) in [4.78, 5) is 14.5. The standard InChI is InChI=1S/C23H33N3O2/c1-4-26(5-2)15-7-14-24-17-20-8-6-9-22(16-20)28-18-23(27)25-21-12-10-19(3)11-13-21/h6,8-13,16,24H,4-5,7,14-15,17-18H2,1-3H3,(H,25,27). The fraction of sp³-hybridized carbons (Fsp3) is 0.435. The van der Waals surface area contributed by atoms with Gasteiger partial charge in [0, 0.05) is 12.2 Å². The smallest absolute Gasteiger partial charge is 0.262 e. The highest BCUT2D eigenvalue weighted by molar-refractivity contribution is 5.91. The minimum atomic E-state index is -0.163. The molecule has 2 aromatic carbocycles. The number of rotatable bonds is 12. The van der Waals surface area contributed by atoms with E-state index in [-0.39, 0.29) is 12.5 Å². The topological polar surface area (TPSA) is 53.6 Å². The van der Waals surface area contributed by atoms with E-state index in [1.165, 1.54) is 0 Å². The zero-order valence-corrected chi connectivity index (χ0v) is 17.3. The van der Waals surface area contributed by atoms with Crippen LogP contribution in [0.1, 0.15) is 31.4 Å². The van der Waals surface area contributed by atoms with Crippen LogP contribution in [-0.2, 0) is 11.3 Å². The summed E-state index contributed by atoms with van der Waals surface area (Å²) in [6, 6.07) is 15.6. The number of ether oxygens (including phenoxy) is 1. The van der Waals surface area contributed by atoms with Crippen molar-refractivity contribution in [3.63, 3.8) is 0 Å². The maximum Gasteiger partial charge on any atom is 0.262 e. The van der Waals surface area contributed by atoms with Crippen LogP contribution in [0.25, 0.3) is 0 Å². The highest BCUT2D eigenvalue weighted by atomic mass is 16.5. The average Bonchev–Trinajstić information content (AvgIpc) is 2.71. The second-order valence-corrected chi connectivity index (χ2v) is 6.91. The summed E-state index contributed by atoms with van der Waals surface area (Å²) in [5.74, 6) is 0.547. The third-order valence-electron chi connectivity index (χ3n) is 4.66. The lowest BCUT2D eigenvalue weighted by molar-refractivity contribution is -0.118. The zero-order valence-electron chi connectivity index (χ0n) is 17.3. The lowest BCUT2D eigenvalue weighted by atomic mass is 10.2. The van der Waals surface area contributed by atoms with Gasteiger partial charge in [-0.2, -0.15) is 0 Å². The molecule has 0 saturated heterocycles. The van der Waals surface area contributed by atoms with Crippen molar-refractivity contribution in [2.45, 2.75) is 33.7 Å². The van der Waals surface area contributed by atoms with Crippen LogP contribution in [0.4, 0.5) is 5.69 Å². The third-order valence-corrected chi connectivity index (χ3v) is 4.66. The van der Waals surface area contributed by atoms with Gasteiger partial charge in [-0.3, -0.25) is 4.79 Å². The van der Waals surface area contributed by atoms with Crippen molar-refractivity contribution in [3.05, 3.63) is 59.7 Å². The second-order valence-electron chi connectivity index (χ2n) is 6.91. The Balaban J connectivity index is 1.70. The highest BCUT2D eigenvalue weighted by Gasteiger charge is 2.05. The molecule has 2 aromatic rings. The number of anilines is 1. The molecule has 0 bridgehead atoms. The van der Waals surface area contributed by atoms with Gasteiger partial charge in [-0.05, 0) is 69.4 Å². The molecule has 0 unspecified atom stereocenters. The molecular weight excluding hydrogens is 350 g/mol. The van der Waals surface area contributed by atoms with E-state index in [0.29, 0.717) is 5.75 Å². The Kier molecular flexibility index (Phi) is 9.52. The van der Waals surface area contributed by atoms with Crippen molar-refractivity contribution in [2.75, 3.05) is 38.1 Å². The number of amides is 1. The number of nitrogens with zero attached hydrogens (tertiary/aromatic N) is 1. The van der Waals surface area contributed by atoms with Crippen LogP contribution >= 0.6 is 0 Å². The van der Waals surface area contributed by atoms with Crippen LogP contribution in [0, 0.1) is 6.92 Å². The van der Waals surface area contributed by atoms with Crippen LogP contribution in [-0.4, -0.2) is 43.6 Å². The first-order chi connectivity index (χ1) is 13.6. The van der Waals surface area contributed by atoms with Gasteiger partial charge in [0.1, 0.15) is 5.75 Å². The summed E-state index contributed by atoms with van der Waals surface area (Å²) in [7, 11) is 0. The van der Waals surface area contributed by atoms with Crippen LogP contribution in [0.3, 0.4) is 0 Å². The van der Waals surface area contributed by atoms with Crippen molar-refractivity contribution in [1.29, 1.82) is 0 Å². The molecule has 0 saturated carbocycles. The molecule has 5 nitrogen and oxygen atoms in total. The quantitative estimate of drug-likeness (QED) is 0.547. The van der Waals surface area contributed by atoms with Gasteiger partial charge in [0.15, 0.2) is 6.61 Å². The Bertz CT molecular complexity index is 712. The number of aryl methyl sites for hydroxylation is 1. The molecule has 0 aromatic heterocycles. The van der Waals surface area contributed by atoms with Crippen molar-refractivity contribution in [2.24, 2.45) is 0 Å². The van der Waals surface area contributed by atoms with Gasteiger partial charge in [0.25, 0.3) is 5.91 Å². The molecule has 152 valence electrons. The maximum atomic E-state index is 12.1. The van der Waals surface area contributed by atoms with E-state index in [0.717, 1.165) is 56.0 Å². The van der Waals surface area contributed by atoms with E-state index in [1.807, 2.05) is 49.4 Å². The zero-order chi connectivity index (χ0) is 20.2. The van der Waals surface area contributed by atoms with Gasteiger partial charge in [-0.1, -0.05) is 43.7 Å². The second kappa shape index (κ2) is 12.2. The first-order valence-corrected chi connectivity index (χ1v) is 10.1. The van der Waals surface area contributed by atoms with Gasteiger partial charge >= 0.3 is 0 Å². The molecular formula is C23H33N3O2. The summed E-state index contributed by atoms with van der Waals surface area (Å²) < 4.78 is 5.65. The molecule has 28 heavy (non-hydrogen) atoms.